The maximum atomic E-state index is 14.4. The van der Waals surface area contributed by atoms with E-state index in [1.165, 1.54) is 31.2 Å². The van der Waals surface area contributed by atoms with E-state index in [1.807, 2.05) is 0 Å². The molecule has 0 aliphatic carbocycles. The second kappa shape index (κ2) is 38.9. The van der Waals surface area contributed by atoms with Crippen LogP contribution in [0.5, 0.6) is 5.75 Å². The van der Waals surface area contributed by atoms with Gasteiger partial charge < -0.3 is 84.9 Å². The maximum absolute atomic E-state index is 14.4. The molecule has 0 aliphatic heterocycles. The first-order valence-electron chi connectivity index (χ1n) is 30.2. The zero-order valence-corrected chi connectivity index (χ0v) is 52.3. The summed E-state index contributed by atoms with van der Waals surface area (Å²) < 4.78 is 0. The Bertz CT molecular complexity index is 2680. The zero-order chi connectivity index (χ0) is 67.2. The van der Waals surface area contributed by atoms with E-state index < -0.39 is 181 Å². The van der Waals surface area contributed by atoms with E-state index >= 15 is 0 Å². The second-order valence-electron chi connectivity index (χ2n) is 23.3. The SMILES string of the molecule is CC[C@H](C)[C@H](NC(=O)[C@H](CCC(=O)O)NC(=O)[C@@H](NC(=O)[C@@H](NC(=O)[C@H](Cc1ccc(O)cc1)NC(=O)[C@@H](N)Cc1ccccc1)[C@@H](C)O)[C@@H](C)CC)C(=O)N[C@@H](CC(C)C)C(=O)N[C@@H](CCCCN)C(=O)N[C@H](C(=O)N[C@@H](CCC(=O)O)C(=O)O)C(C)C. The minimum atomic E-state index is -1.75. The number of rotatable bonds is 41. The van der Waals surface area contributed by atoms with Gasteiger partial charge in [-0.25, -0.2) is 4.79 Å². The standard InChI is InChI=1S/C61H95N11O17/c1-10-34(7)49(59(86)68-44(29-32(3)4)55(82)64-41(19-15-16-28-62)53(80)69-48(33(5)6)57(84)66-43(61(88)89)25-27-47(77)78)70-54(81)42(24-26-46(75)76)65-58(85)50(35(8)11-2)71-60(87)51(36(9)73)72-56(83)45(31-38-20-22-39(74)23-21-38)67-52(79)40(63)30-37-17-13-12-14-18-37/h12-14,17-18,20-23,32-36,40-45,48-51,73-74H,10-11,15-16,19,24-31,62-63H2,1-9H3,(H,64,82)(H,65,85)(H,66,84)(H,67,79)(H,68,86)(H,69,80)(H,70,81)(H,71,87)(H,72,83)(H,75,76)(H,77,78)(H,88,89)/t34-,35-,36+,40-,41-,42-,43-,44-,45-,48-,49-,50-,51-/m0/s1. The molecule has 0 saturated heterocycles. The van der Waals surface area contributed by atoms with Crippen molar-refractivity contribution in [3.8, 4) is 5.75 Å². The van der Waals surface area contributed by atoms with Crippen molar-refractivity contribution in [2.75, 3.05) is 6.54 Å². The van der Waals surface area contributed by atoms with Crippen LogP contribution in [-0.2, 0) is 70.4 Å². The Balaban J connectivity index is 2.45. The van der Waals surface area contributed by atoms with Gasteiger partial charge in [-0.3, -0.25) is 52.7 Å². The molecule has 0 saturated carbocycles. The fourth-order valence-electron chi connectivity index (χ4n) is 9.25. The van der Waals surface area contributed by atoms with Crippen LogP contribution in [0.4, 0.5) is 0 Å². The van der Waals surface area contributed by atoms with Crippen LogP contribution < -0.4 is 59.3 Å². The lowest BCUT2D eigenvalue weighted by molar-refractivity contribution is -0.144. The quantitative estimate of drug-likeness (QED) is 0.0389. The summed E-state index contributed by atoms with van der Waals surface area (Å²) in [4.78, 5) is 162. The molecule has 18 N–H and O–H groups in total. The van der Waals surface area contributed by atoms with Crippen LogP contribution in [0.15, 0.2) is 54.6 Å². The molecule has 496 valence electrons. The molecule has 2 rings (SSSR count). The molecule has 13 atom stereocenters. The number of carbonyl (C=O) groups is 12. The third kappa shape index (κ3) is 27.4. The lowest BCUT2D eigenvalue weighted by Crippen LogP contribution is -2.63. The van der Waals surface area contributed by atoms with Crippen molar-refractivity contribution in [3.05, 3.63) is 65.7 Å². The predicted octanol–water partition coefficient (Wildman–Crippen LogP) is -0.0138. The highest BCUT2D eigenvalue weighted by atomic mass is 16.4. The largest absolute Gasteiger partial charge is 0.508 e. The topological polar surface area (TPSA) is 466 Å². The summed E-state index contributed by atoms with van der Waals surface area (Å²) >= 11 is 0. The van der Waals surface area contributed by atoms with Crippen molar-refractivity contribution in [2.45, 2.75) is 206 Å². The van der Waals surface area contributed by atoms with Gasteiger partial charge in [-0.05, 0) is 105 Å². The van der Waals surface area contributed by atoms with Crippen molar-refractivity contribution in [1.29, 1.82) is 0 Å². The predicted molar refractivity (Wildman–Crippen MR) is 326 cm³/mol. The Labute approximate surface area is 519 Å². The monoisotopic (exact) mass is 1250 g/mol. The molecule has 2 aromatic rings. The number of carboxylic acids is 3. The van der Waals surface area contributed by atoms with E-state index in [4.69, 9.17) is 16.6 Å². The van der Waals surface area contributed by atoms with Gasteiger partial charge in [-0.1, -0.05) is 111 Å². The van der Waals surface area contributed by atoms with Crippen molar-refractivity contribution in [3.63, 3.8) is 0 Å². The van der Waals surface area contributed by atoms with Crippen LogP contribution in [0.1, 0.15) is 138 Å². The summed E-state index contributed by atoms with van der Waals surface area (Å²) in [5, 5.41) is 72.4. The average Bonchev–Trinajstić information content (AvgIpc) is 2.11. The first kappa shape index (κ1) is 76.9. The van der Waals surface area contributed by atoms with Crippen LogP contribution in [0.3, 0.4) is 0 Å². The van der Waals surface area contributed by atoms with Crippen molar-refractivity contribution in [1.82, 2.24) is 47.9 Å². The molecule has 0 bridgehead atoms. The van der Waals surface area contributed by atoms with Gasteiger partial charge in [0.1, 0.15) is 60.1 Å². The number of amides is 9. The molecule has 0 radical (unpaired) electrons. The Kier molecular flexibility index (Phi) is 33.6. The van der Waals surface area contributed by atoms with E-state index in [0.717, 1.165) is 5.56 Å². The molecule has 0 spiro atoms. The normalized spacial score (nSPS) is 15.7. The molecule has 28 heteroatoms. The van der Waals surface area contributed by atoms with Gasteiger partial charge in [0.25, 0.3) is 0 Å². The number of carbonyl (C=O) groups excluding carboxylic acids is 9. The van der Waals surface area contributed by atoms with Gasteiger partial charge >= 0.3 is 17.9 Å². The van der Waals surface area contributed by atoms with Crippen LogP contribution in [-0.4, -0.2) is 170 Å². The number of aromatic hydroxyl groups is 1. The molecule has 28 nitrogen and oxygen atoms in total. The number of phenolic OH excluding ortho intramolecular Hbond substituents is 1. The number of benzene rings is 2. The van der Waals surface area contributed by atoms with Gasteiger partial charge in [-0.2, -0.15) is 0 Å². The number of nitrogens with two attached hydrogens (primary N) is 2. The Morgan fingerprint density at radius 1 is 0.449 bits per heavy atom. The van der Waals surface area contributed by atoms with Crippen LogP contribution in [0, 0.1) is 23.7 Å². The van der Waals surface area contributed by atoms with Gasteiger partial charge in [-0.15, -0.1) is 0 Å². The van der Waals surface area contributed by atoms with E-state index in [1.54, 1.807) is 85.7 Å². The summed E-state index contributed by atoms with van der Waals surface area (Å²) in [5.41, 5.74) is 13.2. The van der Waals surface area contributed by atoms with Crippen molar-refractivity contribution < 1.29 is 83.1 Å². The van der Waals surface area contributed by atoms with Crippen LogP contribution in [0.2, 0.25) is 0 Å². The summed E-state index contributed by atoms with van der Waals surface area (Å²) in [6.07, 6.45) is -2.60. The van der Waals surface area contributed by atoms with E-state index in [-0.39, 0.29) is 56.7 Å². The number of aliphatic hydroxyl groups excluding tert-OH is 1. The highest BCUT2D eigenvalue weighted by Crippen LogP contribution is 2.17. The van der Waals surface area contributed by atoms with E-state index in [9.17, 15) is 78.0 Å². The molecule has 0 fully saturated rings. The van der Waals surface area contributed by atoms with Gasteiger partial charge in [0.15, 0.2) is 0 Å². The molecular formula is C61H95N11O17. The second-order valence-corrected chi connectivity index (χ2v) is 23.3. The van der Waals surface area contributed by atoms with Crippen molar-refractivity contribution >= 4 is 71.1 Å². The number of hydrogen-bond acceptors (Lipinski definition) is 16. The Morgan fingerprint density at radius 2 is 0.854 bits per heavy atom. The number of phenols is 1. The molecule has 0 aromatic heterocycles. The molecule has 89 heavy (non-hydrogen) atoms. The maximum Gasteiger partial charge on any atom is 0.326 e. The molecule has 0 aliphatic rings. The minimum Gasteiger partial charge on any atom is -0.508 e. The third-order valence-electron chi connectivity index (χ3n) is 15.0. The highest BCUT2D eigenvalue weighted by Gasteiger charge is 2.39. The summed E-state index contributed by atoms with van der Waals surface area (Å²) in [7, 11) is 0. The Morgan fingerprint density at radius 3 is 1.34 bits per heavy atom. The zero-order valence-electron chi connectivity index (χ0n) is 52.3. The fraction of sp³-hybridized carbons (Fsp3) is 0.607. The molecule has 2 aromatic carbocycles. The fourth-order valence-corrected chi connectivity index (χ4v) is 9.25. The van der Waals surface area contributed by atoms with Gasteiger partial charge in [0.2, 0.25) is 53.2 Å². The molecule has 0 heterocycles. The van der Waals surface area contributed by atoms with Crippen molar-refractivity contribution in [2.24, 2.45) is 35.1 Å². The van der Waals surface area contributed by atoms with Crippen LogP contribution >= 0.6 is 0 Å². The smallest absolute Gasteiger partial charge is 0.326 e. The van der Waals surface area contributed by atoms with Crippen LogP contribution in [0.25, 0.3) is 0 Å². The third-order valence-corrected chi connectivity index (χ3v) is 15.0. The number of nitrogens with one attached hydrogen (secondary N) is 9. The average molecular weight is 1250 g/mol. The number of aliphatic carboxylic acids is 3. The molecule has 9 amide bonds. The number of aliphatic hydroxyl groups is 1. The first-order valence-corrected chi connectivity index (χ1v) is 30.2. The summed E-state index contributed by atoms with van der Waals surface area (Å²) in [6.45, 7) is 14.7. The minimum absolute atomic E-state index is 0.000288. The highest BCUT2D eigenvalue weighted by molar-refractivity contribution is 5.99. The lowest BCUT2D eigenvalue weighted by atomic mass is 9.95. The number of unbranched alkanes of at least 4 members (excludes halogenated alkanes) is 1. The summed E-state index contributed by atoms with van der Waals surface area (Å²) in [6, 6.07) is 0.190. The Hall–Kier alpha value is -8.24. The number of carboxylic acid groups (broad SMARTS) is 3. The van der Waals surface area contributed by atoms with E-state index in [2.05, 4.69) is 47.9 Å². The molecular weight excluding hydrogens is 1160 g/mol. The van der Waals surface area contributed by atoms with E-state index in [0.29, 0.717) is 18.4 Å². The van der Waals surface area contributed by atoms with Gasteiger partial charge in [0, 0.05) is 19.3 Å². The number of hydrogen-bond donors (Lipinski definition) is 16. The van der Waals surface area contributed by atoms with Gasteiger partial charge in [0.05, 0.1) is 12.1 Å². The summed E-state index contributed by atoms with van der Waals surface area (Å²) in [5.74, 6) is -14.6. The lowest BCUT2D eigenvalue weighted by Gasteiger charge is -2.31. The first-order chi connectivity index (χ1) is 41.8. The molecule has 0 unspecified atom stereocenters.